The Labute approximate surface area is 198 Å². The second-order valence-corrected chi connectivity index (χ2v) is 8.12. The zero-order valence-corrected chi connectivity index (χ0v) is 20.8. The molecule has 166 valence electrons. The average molecular weight is 525 g/mol. The molecule has 0 aliphatic carbocycles. The number of benzene rings is 1. The Balaban J connectivity index is 0.00000320. The monoisotopic (exact) mass is 525 g/mol. The van der Waals surface area contributed by atoms with E-state index in [0.717, 1.165) is 36.1 Å². The quantitative estimate of drug-likeness (QED) is 0.231. The lowest BCUT2D eigenvalue weighted by Gasteiger charge is -2.30. The fourth-order valence-corrected chi connectivity index (χ4v) is 3.77. The van der Waals surface area contributed by atoms with Crippen molar-refractivity contribution in [3.05, 3.63) is 41.8 Å². The van der Waals surface area contributed by atoms with Gasteiger partial charge in [-0.3, -0.25) is 4.99 Å². The Morgan fingerprint density at radius 3 is 2.77 bits per heavy atom. The van der Waals surface area contributed by atoms with Gasteiger partial charge in [0.15, 0.2) is 5.96 Å². The lowest BCUT2D eigenvalue weighted by Crippen LogP contribution is -2.38. The van der Waals surface area contributed by atoms with E-state index in [1.807, 2.05) is 12.1 Å². The van der Waals surface area contributed by atoms with Crippen LogP contribution in [-0.4, -0.2) is 49.1 Å². The average Bonchev–Trinajstić information content (AvgIpc) is 3.19. The molecule has 1 aromatic carbocycles. The van der Waals surface area contributed by atoms with Crippen LogP contribution >= 0.6 is 24.0 Å². The number of piperidine rings is 1. The summed E-state index contributed by atoms with van der Waals surface area (Å²) in [5.41, 5.74) is 3.08. The van der Waals surface area contributed by atoms with Crippen LogP contribution in [0.15, 0.2) is 39.9 Å². The van der Waals surface area contributed by atoms with Crippen LogP contribution in [-0.2, 0) is 6.54 Å². The summed E-state index contributed by atoms with van der Waals surface area (Å²) in [6.07, 6.45) is 6.81. The maximum absolute atomic E-state index is 5.62. The summed E-state index contributed by atoms with van der Waals surface area (Å²) >= 11 is 0. The molecule has 30 heavy (non-hydrogen) atoms. The Bertz CT molecular complexity index is 774. The number of oxazole rings is 1. The van der Waals surface area contributed by atoms with E-state index >= 15 is 0 Å². The predicted molar refractivity (Wildman–Crippen MR) is 134 cm³/mol. The molecule has 0 bridgehead atoms. The van der Waals surface area contributed by atoms with Crippen molar-refractivity contribution in [2.45, 2.75) is 46.1 Å². The molecule has 2 N–H and O–H groups in total. The molecule has 2 aromatic rings. The van der Waals surface area contributed by atoms with Crippen molar-refractivity contribution >= 4 is 29.9 Å². The van der Waals surface area contributed by atoms with Crippen molar-refractivity contribution in [2.24, 2.45) is 10.9 Å². The molecule has 1 fully saturated rings. The smallest absolute Gasteiger partial charge is 0.226 e. The molecule has 1 aliphatic rings. The van der Waals surface area contributed by atoms with Gasteiger partial charge in [-0.25, -0.2) is 4.98 Å². The van der Waals surface area contributed by atoms with Gasteiger partial charge >= 0.3 is 0 Å². The molecule has 0 radical (unpaired) electrons. The third-order valence-electron chi connectivity index (χ3n) is 5.45. The van der Waals surface area contributed by atoms with E-state index in [9.17, 15) is 0 Å². The van der Waals surface area contributed by atoms with Crippen LogP contribution in [0.1, 0.15) is 43.9 Å². The first kappa shape index (κ1) is 24.7. The topological polar surface area (TPSA) is 65.7 Å². The van der Waals surface area contributed by atoms with E-state index in [2.05, 4.69) is 51.5 Å². The molecular formula is C23H36IN5O. The summed E-state index contributed by atoms with van der Waals surface area (Å²) in [4.78, 5) is 11.5. The van der Waals surface area contributed by atoms with Crippen molar-refractivity contribution in [3.63, 3.8) is 0 Å². The van der Waals surface area contributed by atoms with Crippen LogP contribution in [0.3, 0.4) is 0 Å². The summed E-state index contributed by atoms with van der Waals surface area (Å²) in [6, 6.07) is 8.19. The van der Waals surface area contributed by atoms with Crippen LogP contribution in [0.4, 0.5) is 0 Å². The number of likely N-dealkylation sites (tertiary alicyclic amines) is 1. The number of unbranched alkanes of at least 4 members (excludes halogenated alkanes) is 1. The minimum absolute atomic E-state index is 0. The number of hydrogen-bond acceptors (Lipinski definition) is 4. The van der Waals surface area contributed by atoms with Crippen molar-refractivity contribution in [2.75, 3.05) is 33.2 Å². The highest BCUT2D eigenvalue weighted by atomic mass is 127. The van der Waals surface area contributed by atoms with Crippen molar-refractivity contribution in [3.8, 4) is 11.5 Å². The number of aryl methyl sites for hydroxylation is 1. The Morgan fingerprint density at radius 1 is 1.23 bits per heavy atom. The Hall–Kier alpha value is -1.61. The molecule has 1 aliphatic heterocycles. The number of hydrogen-bond donors (Lipinski definition) is 2. The Morgan fingerprint density at radius 2 is 2.03 bits per heavy atom. The largest absolute Gasteiger partial charge is 0.444 e. The molecule has 3 rings (SSSR count). The zero-order valence-electron chi connectivity index (χ0n) is 18.5. The highest BCUT2D eigenvalue weighted by molar-refractivity contribution is 14.0. The number of halogens is 1. The molecule has 0 spiro atoms. The van der Waals surface area contributed by atoms with Gasteiger partial charge in [0, 0.05) is 25.7 Å². The number of aromatic nitrogens is 1. The summed E-state index contributed by atoms with van der Waals surface area (Å²) in [5, 5.41) is 6.70. The zero-order chi connectivity index (χ0) is 20.5. The van der Waals surface area contributed by atoms with Crippen molar-refractivity contribution < 1.29 is 4.42 Å². The van der Waals surface area contributed by atoms with Gasteiger partial charge in [-0.2, -0.15) is 0 Å². The van der Waals surface area contributed by atoms with Gasteiger partial charge in [0.2, 0.25) is 5.89 Å². The molecule has 1 unspecified atom stereocenters. The van der Waals surface area contributed by atoms with Crippen LogP contribution < -0.4 is 10.6 Å². The molecule has 6 nitrogen and oxygen atoms in total. The van der Waals surface area contributed by atoms with Crippen LogP contribution in [0.25, 0.3) is 11.5 Å². The number of guanidine groups is 1. The summed E-state index contributed by atoms with van der Waals surface area (Å²) < 4.78 is 5.62. The standard InChI is InChI=1S/C23H35N5O.HI/c1-18-8-10-20(11-9-18)22-27-21(17-29-22)15-26-23(24-3)25-12-4-5-13-28-14-6-7-19(2)16-28;/h8-11,17,19H,4-7,12-16H2,1-3H3,(H2,24,25,26);1H. The third-order valence-corrected chi connectivity index (χ3v) is 5.45. The fraction of sp³-hybridized carbons (Fsp3) is 0.565. The summed E-state index contributed by atoms with van der Waals surface area (Å²) in [5.74, 6) is 2.31. The van der Waals surface area contributed by atoms with Gasteiger partial charge in [-0.1, -0.05) is 24.6 Å². The van der Waals surface area contributed by atoms with Gasteiger partial charge < -0.3 is 20.0 Å². The van der Waals surface area contributed by atoms with E-state index in [1.54, 1.807) is 13.3 Å². The molecule has 0 amide bonds. The van der Waals surface area contributed by atoms with Gasteiger partial charge in [-0.05, 0) is 63.7 Å². The predicted octanol–water partition coefficient (Wildman–Crippen LogP) is 4.45. The van der Waals surface area contributed by atoms with E-state index in [-0.39, 0.29) is 24.0 Å². The van der Waals surface area contributed by atoms with Gasteiger partial charge in [0.1, 0.15) is 6.26 Å². The second kappa shape index (κ2) is 12.9. The lowest BCUT2D eigenvalue weighted by molar-refractivity contribution is 0.181. The normalized spacial score (nSPS) is 17.4. The number of nitrogens with one attached hydrogen (secondary N) is 2. The van der Waals surface area contributed by atoms with Gasteiger partial charge in [0.05, 0.1) is 12.2 Å². The SMILES string of the molecule is CN=C(NCCCCN1CCCC(C)C1)NCc1coc(-c2ccc(C)cc2)n1.I. The maximum atomic E-state index is 5.62. The van der Waals surface area contributed by atoms with Crippen LogP contribution in [0.2, 0.25) is 0 Å². The highest BCUT2D eigenvalue weighted by Gasteiger charge is 2.15. The fourth-order valence-electron chi connectivity index (χ4n) is 3.77. The second-order valence-electron chi connectivity index (χ2n) is 8.12. The molecule has 1 atom stereocenters. The van der Waals surface area contributed by atoms with Crippen molar-refractivity contribution in [1.82, 2.24) is 20.5 Å². The molecule has 0 saturated carbocycles. The Kier molecular flexibility index (Phi) is 10.6. The highest BCUT2D eigenvalue weighted by Crippen LogP contribution is 2.19. The minimum atomic E-state index is 0. The van der Waals surface area contributed by atoms with Crippen LogP contribution in [0.5, 0.6) is 0 Å². The minimum Gasteiger partial charge on any atom is -0.444 e. The molecule has 1 aromatic heterocycles. The molecule has 1 saturated heterocycles. The first-order valence-corrected chi connectivity index (χ1v) is 10.8. The van der Waals surface area contributed by atoms with Gasteiger partial charge in [-0.15, -0.1) is 24.0 Å². The number of nitrogens with zero attached hydrogens (tertiary/aromatic N) is 3. The van der Waals surface area contributed by atoms with Crippen LogP contribution in [0, 0.1) is 12.8 Å². The summed E-state index contributed by atoms with van der Waals surface area (Å²) in [7, 11) is 1.80. The number of aliphatic imine (C=N–C) groups is 1. The third kappa shape index (κ3) is 7.91. The molecular weight excluding hydrogens is 489 g/mol. The maximum Gasteiger partial charge on any atom is 0.226 e. The first-order valence-electron chi connectivity index (χ1n) is 10.8. The first-order chi connectivity index (χ1) is 14.1. The van der Waals surface area contributed by atoms with Crippen molar-refractivity contribution in [1.29, 1.82) is 0 Å². The van der Waals surface area contributed by atoms with E-state index in [4.69, 9.17) is 4.42 Å². The number of rotatable bonds is 8. The molecule has 2 heterocycles. The van der Waals surface area contributed by atoms with E-state index in [1.165, 1.54) is 44.5 Å². The lowest BCUT2D eigenvalue weighted by atomic mass is 10.0. The van der Waals surface area contributed by atoms with Gasteiger partial charge in [0.25, 0.3) is 0 Å². The van der Waals surface area contributed by atoms with E-state index < -0.39 is 0 Å². The summed E-state index contributed by atoms with van der Waals surface area (Å²) in [6.45, 7) is 9.68. The van der Waals surface area contributed by atoms with E-state index in [0.29, 0.717) is 12.4 Å². The molecule has 7 heteroatoms.